The Morgan fingerprint density at radius 1 is 1.27 bits per heavy atom. The van der Waals surface area contributed by atoms with Crippen LogP contribution < -0.4 is 15.5 Å². The van der Waals surface area contributed by atoms with Crippen LogP contribution in [0.4, 0.5) is 21.1 Å². The van der Waals surface area contributed by atoms with Gasteiger partial charge in [-0.3, -0.25) is 0 Å². The Morgan fingerprint density at radius 3 is 2.80 bits per heavy atom. The molecule has 1 amide bonds. The van der Waals surface area contributed by atoms with Gasteiger partial charge in [-0.25, -0.2) is 24.1 Å². The van der Waals surface area contributed by atoms with Crippen LogP contribution in [0.2, 0.25) is 5.02 Å². The maximum absolute atomic E-state index is 15.6. The lowest BCUT2D eigenvalue weighted by Gasteiger charge is -2.33. The summed E-state index contributed by atoms with van der Waals surface area (Å²) in [5.41, 5.74) is 1.80. The third kappa shape index (κ3) is 4.92. The molecule has 3 aromatic rings. The molecule has 2 aromatic heterocycles. The van der Waals surface area contributed by atoms with E-state index in [1.807, 2.05) is 6.07 Å². The number of carbonyl (C=O) groups is 1. The minimum absolute atomic E-state index is 0.0329. The molecule has 3 fully saturated rings. The number of aliphatic hydroxyl groups is 1. The van der Waals surface area contributed by atoms with E-state index in [0.29, 0.717) is 48.2 Å². The predicted octanol–water partition coefficient (Wildman–Crippen LogP) is 3.89. The lowest BCUT2D eigenvalue weighted by molar-refractivity contribution is 0.0272. The summed E-state index contributed by atoms with van der Waals surface area (Å²) in [7, 11) is 1.50. The molecule has 3 aliphatic rings. The Balaban J connectivity index is 1.32. The number of morpholine rings is 1. The summed E-state index contributed by atoms with van der Waals surface area (Å²) in [6.07, 6.45) is 2.43. The first kappa shape index (κ1) is 27.0. The Kier molecular flexibility index (Phi) is 7.18. The molecule has 0 spiro atoms. The van der Waals surface area contributed by atoms with E-state index in [2.05, 4.69) is 43.9 Å². The first-order valence-corrected chi connectivity index (χ1v) is 14.0. The number of hydrogen-bond donors (Lipinski definition) is 3. The predicted molar refractivity (Wildman–Crippen MR) is 148 cm³/mol. The molecule has 2 bridgehead atoms. The number of fused-ring (bicyclic) bond motifs is 3. The molecule has 6 rings (SSSR count). The Labute approximate surface area is 236 Å². The number of nitrogens with one attached hydrogen (secondary N) is 2. The average molecular weight is 574 g/mol. The van der Waals surface area contributed by atoms with E-state index in [-0.39, 0.29) is 35.3 Å². The fourth-order valence-corrected chi connectivity index (χ4v) is 6.23. The second kappa shape index (κ2) is 10.6. The van der Waals surface area contributed by atoms with Gasteiger partial charge in [-0.2, -0.15) is 0 Å². The van der Waals surface area contributed by atoms with E-state index in [9.17, 15) is 9.90 Å². The Hall–Kier alpha value is -3.22. The van der Waals surface area contributed by atoms with Crippen LogP contribution in [0.25, 0.3) is 22.3 Å². The molecule has 40 heavy (non-hydrogen) atoms. The number of ether oxygens (including phenoxy) is 2. The van der Waals surface area contributed by atoms with Crippen LogP contribution >= 0.6 is 11.6 Å². The van der Waals surface area contributed by atoms with E-state index < -0.39 is 24.1 Å². The van der Waals surface area contributed by atoms with Crippen molar-refractivity contribution in [1.82, 2.24) is 24.8 Å². The maximum atomic E-state index is 15.6. The number of rotatable bonds is 6. The van der Waals surface area contributed by atoms with Crippen LogP contribution in [-0.4, -0.2) is 81.3 Å². The monoisotopic (exact) mass is 573 g/mol. The Bertz CT molecular complexity index is 1440. The zero-order valence-electron chi connectivity index (χ0n) is 22.6. The second-order valence-electron chi connectivity index (χ2n) is 11.0. The fourth-order valence-electron chi connectivity index (χ4n) is 6.03. The van der Waals surface area contributed by atoms with Crippen LogP contribution in [0.15, 0.2) is 18.3 Å². The first-order valence-electron chi connectivity index (χ1n) is 13.7. The van der Waals surface area contributed by atoms with Crippen molar-refractivity contribution >= 4 is 40.6 Å². The molecule has 5 atom stereocenters. The summed E-state index contributed by atoms with van der Waals surface area (Å²) < 4.78 is 28.8. The number of amides is 1. The number of carbonyl (C=O) groups excluding carboxylic acids is 1. The average Bonchev–Trinajstić information content (AvgIpc) is 3.66. The molecule has 3 N–H and O–H groups in total. The van der Waals surface area contributed by atoms with Crippen molar-refractivity contribution in [2.24, 2.45) is 0 Å². The third-order valence-corrected chi connectivity index (χ3v) is 8.26. The number of aliphatic hydroxyl groups excluding tert-OH is 1. The highest BCUT2D eigenvalue weighted by atomic mass is 35.5. The molecule has 1 saturated carbocycles. The van der Waals surface area contributed by atoms with Crippen molar-refractivity contribution in [2.45, 2.75) is 76.0 Å². The van der Waals surface area contributed by atoms with Gasteiger partial charge in [0.25, 0.3) is 0 Å². The van der Waals surface area contributed by atoms with Crippen molar-refractivity contribution in [2.75, 3.05) is 30.4 Å². The van der Waals surface area contributed by atoms with Gasteiger partial charge >= 0.3 is 6.09 Å². The topological polar surface area (TPSA) is 127 Å². The van der Waals surface area contributed by atoms with Gasteiger partial charge in [0.15, 0.2) is 5.82 Å². The van der Waals surface area contributed by atoms with Gasteiger partial charge < -0.3 is 34.7 Å². The van der Waals surface area contributed by atoms with Gasteiger partial charge in [0, 0.05) is 31.6 Å². The minimum Gasteiger partial charge on any atom is -0.446 e. The minimum atomic E-state index is -0.675. The first-order chi connectivity index (χ1) is 19.2. The summed E-state index contributed by atoms with van der Waals surface area (Å²) in [5.74, 6) is 0.512. The van der Waals surface area contributed by atoms with Crippen molar-refractivity contribution in [3.63, 3.8) is 0 Å². The van der Waals surface area contributed by atoms with Gasteiger partial charge in [-0.05, 0) is 45.2 Å². The highest BCUT2D eigenvalue weighted by molar-refractivity contribution is 6.33. The summed E-state index contributed by atoms with van der Waals surface area (Å²) in [4.78, 5) is 27.5. The van der Waals surface area contributed by atoms with E-state index in [0.717, 1.165) is 18.9 Å². The van der Waals surface area contributed by atoms with Gasteiger partial charge in [-0.15, -0.1) is 0 Å². The molecule has 214 valence electrons. The van der Waals surface area contributed by atoms with Gasteiger partial charge in [0.1, 0.15) is 11.6 Å². The smallest absolute Gasteiger partial charge is 0.407 e. The molecule has 1 aliphatic carbocycles. The van der Waals surface area contributed by atoms with Crippen LogP contribution in [-0.2, 0) is 9.47 Å². The van der Waals surface area contributed by atoms with E-state index in [1.54, 1.807) is 0 Å². The fraction of sp³-hybridized carbons (Fsp3) is 0.556. The third-order valence-electron chi connectivity index (χ3n) is 7.98. The standard InChI is InChI=1S/C27H33ClFN7O4/c1-13(2)36-21-7-14(6-19(29)24(21)34-26(36)35-11-17-8-15(35)12-39-17)23-18(28)10-31-25(33-23)32-20-9-16(4-5-22(20)37)40-27(38)30-3/h6-7,10,13,15-17,20,22,37H,4-5,8-9,11-12H2,1-3H3,(H,30,38)(H,31,32,33)/t15-,16+,17-,20-,22-/m1/s1. The molecule has 13 heteroatoms. The zero-order chi connectivity index (χ0) is 28.1. The Morgan fingerprint density at radius 2 is 2.10 bits per heavy atom. The van der Waals surface area contributed by atoms with E-state index >= 15 is 4.39 Å². The molecule has 0 unspecified atom stereocenters. The van der Waals surface area contributed by atoms with Gasteiger partial charge in [-0.1, -0.05) is 11.6 Å². The SMILES string of the molecule is CNC(=O)O[C@H]1CC[C@@H](O)[C@H](Nc2ncc(Cl)c(-c3cc(F)c4nc(N5C[C@H]6C[C@@H]5CO6)n(C(C)C)c4c3)n2)C1. The molecule has 4 heterocycles. The quantitative estimate of drug-likeness (QED) is 0.402. The summed E-state index contributed by atoms with van der Waals surface area (Å²) in [6.45, 7) is 5.50. The number of benzene rings is 1. The number of hydrogen-bond acceptors (Lipinski definition) is 9. The zero-order valence-corrected chi connectivity index (χ0v) is 23.4. The highest BCUT2D eigenvalue weighted by Gasteiger charge is 2.41. The lowest BCUT2D eigenvalue weighted by Crippen LogP contribution is -2.43. The van der Waals surface area contributed by atoms with Crippen molar-refractivity contribution in [3.05, 3.63) is 29.2 Å². The number of imidazole rings is 1. The van der Waals surface area contributed by atoms with Gasteiger partial charge in [0.05, 0.1) is 53.3 Å². The number of nitrogens with zero attached hydrogens (tertiary/aromatic N) is 5. The number of anilines is 2. The normalized spacial score (nSPS) is 26.1. The van der Waals surface area contributed by atoms with Crippen LogP contribution in [0.5, 0.6) is 0 Å². The molecular weight excluding hydrogens is 541 g/mol. The molecule has 1 aromatic carbocycles. The van der Waals surface area contributed by atoms with Crippen LogP contribution in [0.3, 0.4) is 0 Å². The number of aromatic nitrogens is 4. The van der Waals surface area contributed by atoms with Crippen LogP contribution in [0.1, 0.15) is 45.6 Å². The van der Waals surface area contributed by atoms with Crippen molar-refractivity contribution in [3.8, 4) is 11.3 Å². The summed E-state index contributed by atoms with van der Waals surface area (Å²) in [5, 5.41) is 16.4. The second-order valence-corrected chi connectivity index (χ2v) is 11.4. The molecule has 0 radical (unpaired) electrons. The lowest BCUT2D eigenvalue weighted by atomic mass is 9.90. The highest BCUT2D eigenvalue weighted by Crippen LogP contribution is 2.38. The van der Waals surface area contributed by atoms with E-state index in [4.69, 9.17) is 26.1 Å². The van der Waals surface area contributed by atoms with Gasteiger partial charge in [0.2, 0.25) is 11.9 Å². The largest absolute Gasteiger partial charge is 0.446 e. The molecule has 11 nitrogen and oxygen atoms in total. The van der Waals surface area contributed by atoms with Crippen LogP contribution in [0, 0.1) is 5.82 Å². The maximum Gasteiger partial charge on any atom is 0.407 e. The van der Waals surface area contributed by atoms with Crippen molar-refractivity contribution in [1.29, 1.82) is 0 Å². The molecular formula is C27H33ClFN7O4. The summed E-state index contributed by atoms with van der Waals surface area (Å²) in [6, 6.07) is 3.08. The molecule has 2 aliphatic heterocycles. The van der Waals surface area contributed by atoms with E-state index in [1.165, 1.54) is 19.3 Å². The van der Waals surface area contributed by atoms with Crippen molar-refractivity contribution < 1.29 is 23.8 Å². The number of halogens is 2. The number of alkyl carbamates (subject to hydrolysis) is 1. The summed E-state index contributed by atoms with van der Waals surface area (Å²) >= 11 is 6.52. The molecule has 2 saturated heterocycles.